The predicted octanol–water partition coefficient (Wildman–Crippen LogP) is 5.84. The topological polar surface area (TPSA) is 18.5 Å². The lowest BCUT2D eigenvalue weighted by atomic mass is 10.1. The molecule has 0 amide bonds. The molecule has 24 heavy (non-hydrogen) atoms. The molecule has 0 aromatic rings. The number of unbranched alkanes of at least 4 members (excludes halogenated alkanes) is 4. The van der Waals surface area contributed by atoms with Crippen molar-refractivity contribution in [3.8, 4) is 0 Å². The molecule has 0 aliphatic rings. The third-order valence-electron chi connectivity index (χ3n) is 4.01. The van der Waals surface area contributed by atoms with Gasteiger partial charge in [0.2, 0.25) is 0 Å². The Hall–Kier alpha value is -0.353. The third kappa shape index (κ3) is 6.18. The smallest absolute Gasteiger partial charge is 0.394 e. The zero-order chi connectivity index (χ0) is 19.1. The molecule has 0 fully saturated rings. The molecule has 0 rings (SSSR count). The number of halogens is 7. The molecule has 0 aromatic carbocycles. The maximum atomic E-state index is 14.2. The second kappa shape index (κ2) is 9.37. The van der Waals surface area contributed by atoms with Gasteiger partial charge in [0.05, 0.1) is 0 Å². The Morgan fingerprint density at radius 3 is 1.50 bits per heavy atom. The molecule has 0 unspecified atom stereocenters. The van der Waals surface area contributed by atoms with Gasteiger partial charge in [-0.05, 0) is 18.9 Å². The molecule has 0 N–H and O–H groups in total. The van der Waals surface area contributed by atoms with Crippen molar-refractivity contribution in [3.63, 3.8) is 0 Å². The standard InChI is InChI=1S/C14H25F7O2Si/c1-4-24(22-2,23-3)14(20,21)12(15,16)10-8-6-5-7-9-11-13(17,18)19/h4-11H2,1-3H3. The van der Waals surface area contributed by atoms with Crippen molar-refractivity contribution < 1.29 is 39.6 Å². The summed E-state index contributed by atoms with van der Waals surface area (Å²) in [6.45, 7) is 1.31. The molecule has 0 atom stereocenters. The van der Waals surface area contributed by atoms with Crippen LogP contribution in [-0.4, -0.2) is 40.4 Å². The Balaban J connectivity index is 4.43. The van der Waals surface area contributed by atoms with Crippen LogP contribution in [0.25, 0.3) is 0 Å². The second-order valence-electron chi connectivity index (χ2n) is 5.68. The largest absolute Gasteiger partial charge is 0.421 e. The predicted molar refractivity (Wildman–Crippen MR) is 78.5 cm³/mol. The van der Waals surface area contributed by atoms with Crippen LogP contribution in [0.3, 0.4) is 0 Å². The summed E-state index contributed by atoms with van der Waals surface area (Å²) in [7, 11) is -2.52. The molecule has 0 heterocycles. The van der Waals surface area contributed by atoms with Crippen LogP contribution in [0.4, 0.5) is 30.7 Å². The van der Waals surface area contributed by atoms with Crippen molar-refractivity contribution in [3.05, 3.63) is 0 Å². The van der Waals surface area contributed by atoms with Crippen LogP contribution >= 0.6 is 0 Å². The quantitative estimate of drug-likeness (QED) is 0.238. The zero-order valence-electron chi connectivity index (χ0n) is 14.1. The molecule has 0 saturated carbocycles. The first-order valence-electron chi connectivity index (χ1n) is 7.82. The molecule has 0 aliphatic heterocycles. The summed E-state index contributed by atoms with van der Waals surface area (Å²) in [4.78, 5) is 0. The van der Waals surface area contributed by atoms with Crippen LogP contribution < -0.4 is 0 Å². The first-order chi connectivity index (χ1) is 10.9. The summed E-state index contributed by atoms with van der Waals surface area (Å²) in [5.74, 6) is -4.28. The van der Waals surface area contributed by atoms with Crippen molar-refractivity contribution in [1.82, 2.24) is 0 Å². The van der Waals surface area contributed by atoms with Gasteiger partial charge in [-0.25, -0.2) is 8.78 Å². The van der Waals surface area contributed by atoms with E-state index in [2.05, 4.69) is 8.85 Å². The number of alkyl halides is 7. The third-order valence-corrected chi connectivity index (χ3v) is 7.59. The van der Waals surface area contributed by atoms with E-state index >= 15 is 0 Å². The molecule has 0 spiro atoms. The van der Waals surface area contributed by atoms with Crippen molar-refractivity contribution in [2.45, 2.75) is 75.6 Å². The van der Waals surface area contributed by atoms with E-state index in [1.807, 2.05) is 0 Å². The van der Waals surface area contributed by atoms with E-state index in [0.717, 1.165) is 14.2 Å². The van der Waals surface area contributed by atoms with Crippen LogP contribution in [0.2, 0.25) is 6.04 Å². The maximum absolute atomic E-state index is 14.2. The van der Waals surface area contributed by atoms with Crippen LogP contribution in [-0.2, 0) is 8.85 Å². The van der Waals surface area contributed by atoms with Gasteiger partial charge < -0.3 is 8.85 Å². The number of rotatable bonds is 12. The van der Waals surface area contributed by atoms with Crippen LogP contribution in [0, 0.1) is 0 Å². The Kier molecular flexibility index (Phi) is 9.24. The van der Waals surface area contributed by atoms with Gasteiger partial charge in [0, 0.05) is 27.1 Å². The molecule has 0 aromatic heterocycles. The maximum Gasteiger partial charge on any atom is 0.421 e. The highest BCUT2D eigenvalue weighted by atomic mass is 28.4. The van der Waals surface area contributed by atoms with Crippen LogP contribution in [0.1, 0.15) is 51.9 Å². The van der Waals surface area contributed by atoms with Gasteiger partial charge in [-0.3, -0.25) is 0 Å². The molecule has 0 aliphatic carbocycles. The van der Waals surface area contributed by atoms with Crippen molar-refractivity contribution >= 4 is 8.56 Å². The minimum absolute atomic E-state index is 0.0880. The van der Waals surface area contributed by atoms with E-state index in [1.165, 1.54) is 6.92 Å². The molecular formula is C14H25F7O2Si. The average molecular weight is 386 g/mol. The fourth-order valence-electron chi connectivity index (χ4n) is 2.49. The Morgan fingerprint density at radius 2 is 1.12 bits per heavy atom. The number of hydrogen-bond acceptors (Lipinski definition) is 2. The summed E-state index contributed by atoms with van der Waals surface area (Å²) >= 11 is 0. The first-order valence-corrected chi connectivity index (χ1v) is 9.84. The lowest BCUT2D eigenvalue weighted by molar-refractivity contribution is -0.186. The van der Waals surface area contributed by atoms with Gasteiger partial charge in [0.15, 0.2) is 0 Å². The fraction of sp³-hybridized carbons (Fsp3) is 1.00. The molecule has 146 valence electrons. The highest BCUT2D eigenvalue weighted by Gasteiger charge is 2.72. The van der Waals surface area contributed by atoms with Crippen molar-refractivity contribution in [2.24, 2.45) is 0 Å². The highest BCUT2D eigenvalue weighted by molar-refractivity contribution is 6.70. The van der Waals surface area contributed by atoms with Gasteiger partial charge in [-0.2, -0.15) is 22.0 Å². The molecule has 2 nitrogen and oxygen atoms in total. The molecular weight excluding hydrogens is 361 g/mol. The highest BCUT2D eigenvalue weighted by Crippen LogP contribution is 2.46. The molecule has 0 bridgehead atoms. The monoisotopic (exact) mass is 386 g/mol. The molecule has 10 heteroatoms. The minimum atomic E-state index is -4.39. The summed E-state index contributed by atoms with van der Waals surface area (Å²) in [5.41, 5.74) is -4.39. The van der Waals surface area contributed by atoms with Crippen molar-refractivity contribution in [1.29, 1.82) is 0 Å². The fourth-order valence-corrected chi connectivity index (χ4v) is 4.87. The summed E-state index contributed by atoms with van der Waals surface area (Å²) in [6.07, 6.45) is -5.80. The van der Waals surface area contributed by atoms with E-state index in [0.29, 0.717) is 6.42 Å². The average Bonchev–Trinajstić information content (AvgIpc) is 2.47. The first kappa shape index (κ1) is 23.6. The van der Waals surface area contributed by atoms with Gasteiger partial charge in [-0.1, -0.05) is 26.2 Å². The number of hydrogen-bond donors (Lipinski definition) is 0. The Bertz CT molecular complexity index is 349. The van der Waals surface area contributed by atoms with Gasteiger partial charge in [-0.15, -0.1) is 0 Å². The van der Waals surface area contributed by atoms with Crippen LogP contribution in [0.15, 0.2) is 0 Å². The minimum Gasteiger partial charge on any atom is -0.394 e. The van der Waals surface area contributed by atoms with Gasteiger partial charge >= 0.3 is 26.2 Å². The lowest BCUT2D eigenvalue weighted by Crippen LogP contribution is -2.65. The van der Waals surface area contributed by atoms with E-state index in [9.17, 15) is 30.7 Å². The Morgan fingerprint density at radius 1 is 0.708 bits per heavy atom. The van der Waals surface area contributed by atoms with Crippen molar-refractivity contribution in [2.75, 3.05) is 14.2 Å². The van der Waals surface area contributed by atoms with E-state index < -0.39 is 39.0 Å². The lowest BCUT2D eigenvalue weighted by Gasteiger charge is -2.38. The summed E-state index contributed by atoms with van der Waals surface area (Å²) in [6, 6.07) is -0.333. The molecule has 0 radical (unpaired) electrons. The van der Waals surface area contributed by atoms with Gasteiger partial charge in [0.25, 0.3) is 0 Å². The van der Waals surface area contributed by atoms with Gasteiger partial charge in [0.1, 0.15) is 0 Å². The van der Waals surface area contributed by atoms with E-state index in [-0.39, 0.29) is 31.7 Å². The SMILES string of the molecule is CC[Si](OC)(OC)C(F)(F)C(F)(F)CCCCCCCC(F)(F)F. The Labute approximate surface area is 138 Å². The summed E-state index contributed by atoms with van der Waals surface area (Å²) in [5, 5.41) is 0. The zero-order valence-corrected chi connectivity index (χ0v) is 15.1. The van der Waals surface area contributed by atoms with Crippen LogP contribution in [0.5, 0.6) is 0 Å². The van der Waals surface area contributed by atoms with E-state index in [4.69, 9.17) is 0 Å². The second-order valence-corrected chi connectivity index (χ2v) is 9.33. The normalized spacial score (nSPS) is 14.2. The summed E-state index contributed by atoms with van der Waals surface area (Å²) < 4.78 is 101. The van der Waals surface area contributed by atoms with E-state index in [1.54, 1.807) is 0 Å². The molecule has 0 saturated heterocycles.